The van der Waals surface area contributed by atoms with Gasteiger partial charge >= 0.3 is 6.18 Å². The van der Waals surface area contributed by atoms with Crippen molar-refractivity contribution < 1.29 is 31.5 Å². The van der Waals surface area contributed by atoms with E-state index < -0.39 is 29.3 Å². The molecule has 2 atom stereocenters. The number of benzene rings is 1. The number of nitrogens with zero attached hydrogens (tertiary/aromatic N) is 3. The van der Waals surface area contributed by atoms with E-state index in [-0.39, 0.29) is 55.4 Å². The Bertz CT molecular complexity index is 973. The lowest BCUT2D eigenvalue weighted by molar-refractivity contribution is -0.141. The Morgan fingerprint density at radius 1 is 1.06 bits per heavy atom. The first-order valence-electron chi connectivity index (χ1n) is 11.7. The number of hydrazone groups is 1. The molecule has 1 aromatic carbocycles. The van der Waals surface area contributed by atoms with Crippen LogP contribution in [0.4, 0.5) is 22.0 Å². The molecule has 0 aliphatic carbocycles. The molecule has 3 fully saturated rings. The Labute approximate surface area is 194 Å². The molecule has 6 nitrogen and oxygen atoms in total. The summed E-state index contributed by atoms with van der Waals surface area (Å²) in [6.07, 6.45) is -2.91. The minimum atomic E-state index is -4.92. The zero-order chi connectivity index (χ0) is 24.0. The van der Waals surface area contributed by atoms with Crippen LogP contribution >= 0.6 is 0 Å². The summed E-state index contributed by atoms with van der Waals surface area (Å²) < 4.78 is 73.4. The lowest BCUT2D eigenvalue weighted by Gasteiger charge is -2.37. The van der Waals surface area contributed by atoms with Crippen LogP contribution in [0, 0.1) is 17.6 Å². The number of carbonyl (C=O) groups is 1. The molecule has 4 aliphatic rings. The van der Waals surface area contributed by atoms with Crippen LogP contribution in [-0.4, -0.2) is 72.9 Å². The lowest BCUT2D eigenvalue weighted by Crippen LogP contribution is -2.52. The molecule has 0 aromatic heterocycles. The van der Waals surface area contributed by atoms with E-state index in [4.69, 9.17) is 4.74 Å². The van der Waals surface area contributed by atoms with Crippen molar-refractivity contribution in [3.05, 3.63) is 34.9 Å². The van der Waals surface area contributed by atoms with Gasteiger partial charge in [0.05, 0.1) is 30.9 Å². The number of carbonyl (C=O) groups excluding carboxylic acids is 1. The Balaban J connectivity index is 1.25. The summed E-state index contributed by atoms with van der Waals surface area (Å²) in [4.78, 5) is 17.2. The topological polar surface area (TPSA) is 57.2 Å². The number of hydrogen-bond acceptors (Lipinski definition) is 5. The number of likely N-dealkylation sites (tertiary alicyclic amines) is 2. The number of ether oxygens (including phenoxy) is 1. The first-order chi connectivity index (χ1) is 16.2. The van der Waals surface area contributed by atoms with Gasteiger partial charge in [-0.2, -0.15) is 18.3 Å². The molecule has 1 aromatic rings. The molecule has 4 heterocycles. The molecule has 0 saturated carbocycles. The molecule has 2 unspecified atom stereocenters. The summed E-state index contributed by atoms with van der Waals surface area (Å²) >= 11 is 0. The van der Waals surface area contributed by atoms with Crippen LogP contribution in [0.5, 0.6) is 0 Å². The van der Waals surface area contributed by atoms with Crippen LogP contribution in [-0.2, 0) is 15.7 Å². The highest BCUT2D eigenvalue weighted by molar-refractivity contribution is 6.39. The van der Waals surface area contributed by atoms with Crippen molar-refractivity contribution in [2.45, 2.75) is 49.9 Å². The van der Waals surface area contributed by atoms with Gasteiger partial charge in [0.25, 0.3) is 5.91 Å². The first-order valence-corrected chi connectivity index (χ1v) is 11.7. The quantitative estimate of drug-likeness (QED) is 0.668. The van der Waals surface area contributed by atoms with Gasteiger partial charge in [-0.15, -0.1) is 0 Å². The smallest absolute Gasteiger partial charge is 0.378 e. The molecule has 0 spiro atoms. The number of hydrogen-bond donors (Lipinski definition) is 1. The highest BCUT2D eigenvalue weighted by Gasteiger charge is 2.42. The molecule has 3 saturated heterocycles. The van der Waals surface area contributed by atoms with Crippen molar-refractivity contribution in [2.75, 3.05) is 39.4 Å². The van der Waals surface area contributed by atoms with Crippen LogP contribution < -0.4 is 5.43 Å². The third-order valence-electron chi connectivity index (χ3n) is 7.49. The molecular formula is C23H27F5N4O2. The van der Waals surface area contributed by atoms with Gasteiger partial charge in [0.15, 0.2) is 0 Å². The van der Waals surface area contributed by atoms with Crippen molar-refractivity contribution >= 4 is 11.6 Å². The van der Waals surface area contributed by atoms with Crippen molar-refractivity contribution in [3.8, 4) is 0 Å². The number of fused-ring (bicyclic) bond motifs is 2. The van der Waals surface area contributed by atoms with Gasteiger partial charge in [0.1, 0.15) is 17.3 Å². The van der Waals surface area contributed by atoms with E-state index in [1.54, 1.807) is 4.90 Å². The number of nitrogens with one attached hydrogen (secondary N) is 1. The average molecular weight is 486 g/mol. The summed E-state index contributed by atoms with van der Waals surface area (Å²) in [6.45, 7) is 3.58. The fourth-order valence-electron chi connectivity index (χ4n) is 5.58. The largest absolute Gasteiger partial charge is 0.419 e. The summed E-state index contributed by atoms with van der Waals surface area (Å²) in [6, 6.07) is 1.61. The molecule has 4 aliphatic heterocycles. The van der Waals surface area contributed by atoms with Crippen molar-refractivity contribution in [2.24, 2.45) is 11.0 Å². The highest BCUT2D eigenvalue weighted by atomic mass is 19.4. The van der Waals surface area contributed by atoms with Crippen LogP contribution in [0.2, 0.25) is 0 Å². The fraction of sp³-hybridized carbons (Fsp3) is 0.652. The second-order valence-electron chi connectivity index (χ2n) is 9.65. The Morgan fingerprint density at radius 3 is 2.41 bits per heavy atom. The maximum Gasteiger partial charge on any atom is 0.419 e. The highest BCUT2D eigenvalue weighted by Crippen LogP contribution is 2.41. The van der Waals surface area contributed by atoms with Gasteiger partial charge in [-0.25, -0.2) is 8.78 Å². The number of rotatable bonds is 3. The first kappa shape index (κ1) is 23.5. The second kappa shape index (κ2) is 9.07. The minimum absolute atomic E-state index is 0.0246. The van der Waals surface area contributed by atoms with E-state index in [2.05, 4.69) is 15.4 Å². The summed E-state index contributed by atoms with van der Waals surface area (Å²) in [5, 5.41) is 4.40. The Kier molecular flexibility index (Phi) is 6.26. The zero-order valence-corrected chi connectivity index (χ0v) is 18.6. The van der Waals surface area contributed by atoms with Crippen LogP contribution in [0.25, 0.3) is 0 Å². The van der Waals surface area contributed by atoms with Crippen LogP contribution in [0.1, 0.15) is 42.7 Å². The zero-order valence-electron chi connectivity index (χ0n) is 18.6. The molecular weight excluding hydrogens is 459 g/mol. The number of piperidine rings is 1. The minimum Gasteiger partial charge on any atom is -0.378 e. The molecule has 186 valence electrons. The van der Waals surface area contributed by atoms with E-state index >= 15 is 0 Å². The average Bonchev–Trinajstić information content (AvgIpc) is 2.89. The summed E-state index contributed by atoms with van der Waals surface area (Å²) in [5.41, 5.74) is 1.80. The predicted octanol–water partition coefficient (Wildman–Crippen LogP) is 3.13. The van der Waals surface area contributed by atoms with Gasteiger partial charge < -0.3 is 15.1 Å². The molecule has 2 bridgehead atoms. The van der Waals surface area contributed by atoms with Gasteiger partial charge in [0.2, 0.25) is 0 Å². The van der Waals surface area contributed by atoms with E-state index in [1.807, 2.05) is 0 Å². The third kappa shape index (κ3) is 4.51. The van der Waals surface area contributed by atoms with E-state index in [0.29, 0.717) is 11.8 Å². The van der Waals surface area contributed by atoms with Crippen molar-refractivity contribution in [1.82, 2.24) is 15.2 Å². The Hall–Kier alpha value is -2.27. The van der Waals surface area contributed by atoms with Gasteiger partial charge in [-0.1, -0.05) is 0 Å². The lowest BCUT2D eigenvalue weighted by atomic mass is 9.85. The monoisotopic (exact) mass is 486 g/mol. The molecule has 34 heavy (non-hydrogen) atoms. The number of amides is 1. The SMILES string of the molecule is O=C(C1=NNC2CC1CCN(C1COC1)C2)N1CCC(c2cc(F)cc(F)c2C(F)(F)F)CC1. The van der Waals surface area contributed by atoms with Gasteiger partial charge in [-0.05, 0) is 49.8 Å². The molecule has 1 N–H and O–H groups in total. The molecule has 11 heteroatoms. The third-order valence-corrected chi connectivity index (χ3v) is 7.49. The Morgan fingerprint density at radius 2 is 1.76 bits per heavy atom. The van der Waals surface area contributed by atoms with Gasteiger partial charge in [-0.3, -0.25) is 9.69 Å². The number of alkyl halides is 3. The van der Waals surface area contributed by atoms with Gasteiger partial charge in [0, 0.05) is 31.6 Å². The van der Waals surface area contributed by atoms with E-state index in [9.17, 15) is 26.7 Å². The number of halogens is 5. The maximum atomic E-state index is 14.0. The standard InChI is InChI=1S/C23H27F5N4O2/c24-15-8-18(20(19(25)9-15)23(26,27)28)13-1-4-31(5-2-13)22(33)21-14-3-6-32(17-11-34-12-17)10-16(7-14)29-30-21/h8-9,13-14,16-17,29H,1-7,10-12H2. The fourth-order valence-corrected chi connectivity index (χ4v) is 5.58. The molecule has 0 radical (unpaired) electrons. The molecule has 1 amide bonds. The van der Waals surface area contributed by atoms with Crippen LogP contribution in [0.3, 0.4) is 0 Å². The normalized spacial score (nSPS) is 27.0. The predicted molar refractivity (Wildman–Crippen MR) is 113 cm³/mol. The summed E-state index contributed by atoms with van der Waals surface area (Å²) in [7, 11) is 0. The van der Waals surface area contributed by atoms with E-state index in [1.165, 1.54) is 0 Å². The summed E-state index contributed by atoms with van der Waals surface area (Å²) in [5.74, 6) is -3.51. The maximum absolute atomic E-state index is 14.0. The van der Waals surface area contributed by atoms with E-state index in [0.717, 1.165) is 45.2 Å². The second-order valence-corrected chi connectivity index (χ2v) is 9.65. The van der Waals surface area contributed by atoms with Crippen LogP contribution in [0.15, 0.2) is 17.2 Å². The molecule has 5 rings (SSSR count). The van der Waals surface area contributed by atoms with Crippen molar-refractivity contribution in [1.29, 1.82) is 0 Å². The van der Waals surface area contributed by atoms with Crippen molar-refractivity contribution in [3.63, 3.8) is 0 Å².